The van der Waals surface area contributed by atoms with Crippen molar-refractivity contribution in [1.29, 1.82) is 0 Å². The minimum Gasteiger partial charge on any atom is -0.493 e. The summed E-state index contributed by atoms with van der Waals surface area (Å²) in [7, 11) is 1.58. The third-order valence-electron chi connectivity index (χ3n) is 6.50. The third-order valence-corrected chi connectivity index (χ3v) is 6.82. The average Bonchev–Trinajstić information content (AvgIpc) is 3.41. The van der Waals surface area contributed by atoms with Gasteiger partial charge in [-0.15, -0.1) is 0 Å². The number of ether oxygens (including phenoxy) is 2. The SMILES string of the molecule is CCCCOc1ccc([C@@H]2[C@@H]3C(=O)N(c4ccccc4Cl)C(=O)[C@H]3ON2c2ccccc2)cc1OC. The summed E-state index contributed by atoms with van der Waals surface area (Å²) in [5.74, 6) is -0.384. The van der Waals surface area contributed by atoms with Crippen LogP contribution in [0.4, 0.5) is 11.4 Å². The van der Waals surface area contributed by atoms with Gasteiger partial charge in [-0.2, -0.15) is 0 Å². The van der Waals surface area contributed by atoms with E-state index in [1.807, 2.05) is 48.5 Å². The van der Waals surface area contributed by atoms with Crippen molar-refractivity contribution in [2.75, 3.05) is 23.7 Å². The van der Waals surface area contributed by atoms with Crippen molar-refractivity contribution in [3.05, 3.63) is 83.4 Å². The van der Waals surface area contributed by atoms with Gasteiger partial charge in [0.15, 0.2) is 17.6 Å². The summed E-state index contributed by atoms with van der Waals surface area (Å²) in [5, 5.41) is 1.98. The Balaban J connectivity index is 1.56. The van der Waals surface area contributed by atoms with Gasteiger partial charge in [-0.05, 0) is 48.4 Å². The molecule has 0 N–H and O–H groups in total. The fourth-order valence-electron chi connectivity index (χ4n) is 4.74. The number of para-hydroxylation sites is 2. The molecule has 2 saturated heterocycles. The molecule has 7 nitrogen and oxygen atoms in total. The molecular formula is C28H27ClN2O5. The van der Waals surface area contributed by atoms with E-state index in [-0.39, 0.29) is 5.91 Å². The normalized spacial score (nSPS) is 21.1. The summed E-state index contributed by atoms with van der Waals surface area (Å²) in [6, 6.07) is 21.3. The number of nitrogens with zero attached hydrogens (tertiary/aromatic N) is 2. The Morgan fingerprint density at radius 3 is 2.42 bits per heavy atom. The quantitative estimate of drug-likeness (QED) is 0.293. The van der Waals surface area contributed by atoms with Crippen LogP contribution in [0.1, 0.15) is 31.4 Å². The highest BCUT2D eigenvalue weighted by Gasteiger charge is 2.60. The van der Waals surface area contributed by atoms with Crippen LogP contribution in [-0.2, 0) is 14.4 Å². The van der Waals surface area contributed by atoms with Crippen LogP contribution in [0.5, 0.6) is 11.5 Å². The fraction of sp³-hybridized carbons (Fsp3) is 0.286. The maximum atomic E-state index is 13.8. The lowest BCUT2D eigenvalue weighted by atomic mass is 9.90. The molecule has 3 atom stereocenters. The van der Waals surface area contributed by atoms with Crippen LogP contribution in [-0.4, -0.2) is 31.6 Å². The second-order valence-corrected chi connectivity index (χ2v) is 9.14. The minimum atomic E-state index is -0.981. The van der Waals surface area contributed by atoms with Crippen molar-refractivity contribution in [2.24, 2.45) is 5.92 Å². The van der Waals surface area contributed by atoms with Gasteiger partial charge in [-0.25, -0.2) is 9.96 Å². The van der Waals surface area contributed by atoms with Gasteiger partial charge in [0, 0.05) is 0 Å². The largest absolute Gasteiger partial charge is 0.493 e. The van der Waals surface area contributed by atoms with Crippen molar-refractivity contribution in [1.82, 2.24) is 0 Å². The zero-order valence-corrected chi connectivity index (χ0v) is 20.9. The Bertz CT molecular complexity index is 1270. The number of halogens is 1. The Morgan fingerprint density at radius 2 is 1.69 bits per heavy atom. The molecule has 0 radical (unpaired) electrons. The summed E-state index contributed by atoms with van der Waals surface area (Å²) >= 11 is 6.35. The van der Waals surface area contributed by atoms with E-state index in [1.54, 1.807) is 36.4 Å². The van der Waals surface area contributed by atoms with Crippen LogP contribution in [0.15, 0.2) is 72.8 Å². The number of hydroxylamine groups is 1. The van der Waals surface area contributed by atoms with Gasteiger partial charge < -0.3 is 9.47 Å². The van der Waals surface area contributed by atoms with Crippen molar-refractivity contribution < 1.29 is 23.9 Å². The topological polar surface area (TPSA) is 68.3 Å². The van der Waals surface area contributed by atoms with Crippen LogP contribution in [0.2, 0.25) is 5.02 Å². The second kappa shape index (κ2) is 10.2. The molecule has 2 amide bonds. The molecule has 5 rings (SSSR count). The molecule has 0 bridgehead atoms. The summed E-state index contributed by atoms with van der Waals surface area (Å²) in [6.45, 7) is 2.68. The van der Waals surface area contributed by atoms with Crippen molar-refractivity contribution in [3.63, 3.8) is 0 Å². The maximum Gasteiger partial charge on any atom is 0.266 e. The standard InChI is InChI=1S/C28H27ClN2O5/c1-3-4-16-35-22-15-14-18(17-23(22)34-2)25-24-26(36-31(25)19-10-6-5-7-11-19)28(33)30(27(24)32)21-13-9-8-12-20(21)29/h5-15,17,24-26H,3-4,16H2,1-2H3/t24-,25+,26-/m0/s1. The van der Waals surface area contributed by atoms with Crippen LogP contribution in [0.3, 0.4) is 0 Å². The van der Waals surface area contributed by atoms with Gasteiger partial charge in [-0.3, -0.25) is 14.4 Å². The van der Waals surface area contributed by atoms with Crippen molar-refractivity contribution in [2.45, 2.75) is 31.9 Å². The number of hydrogen-bond acceptors (Lipinski definition) is 6. The van der Waals surface area contributed by atoms with E-state index in [9.17, 15) is 9.59 Å². The molecule has 3 aromatic carbocycles. The van der Waals surface area contributed by atoms with E-state index in [4.69, 9.17) is 25.9 Å². The van der Waals surface area contributed by atoms with Gasteiger partial charge in [-0.1, -0.05) is 61.3 Å². The number of hydrogen-bond donors (Lipinski definition) is 0. The number of methoxy groups -OCH3 is 1. The molecule has 8 heteroatoms. The lowest BCUT2D eigenvalue weighted by molar-refractivity contribution is -0.126. The molecule has 0 saturated carbocycles. The van der Waals surface area contributed by atoms with Crippen LogP contribution >= 0.6 is 11.6 Å². The molecule has 0 spiro atoms. The summed E-state index contributed by atoms with van der Waals surface area (Å²) in [5.41, 5.74) is 1.87. The lowest BCUT2D eigenvalue weighted by Gasteiger charge is -2.29. The van der Waals surface area contributed by atoms with Crippen LogP contribution in [0, 0.1) is 5.92 Å². The highest BCUT2D eigenvalue weighted by atomic mass is 35.5. The van der Waals surface area contributed by atoms with E-state index in [2.05, 4.69) is 6.92 Å². The number of benzene rings is 3. The monoisotopic (exact) mass is 506 g/mol. The summed E-state index contributed by atoms with van der Waals surface area (Å²) in [4.78, 5) is 34.6. The molecule has 0 aromatic heterocycles. The van der Waals surface area contributed by atoms with E-state index in [0.717, 1.165) is 29.0 Å². The fourth-order valence-corrected chi connectivity index (χ4v) is 4.96. The molecule has 186 valence electrons. The van der Waals surface area contributed by atoms with Crippen LogP contribution in [0.25, 0.3) is 0 Å². The molecular weight excluding hydrogens is 480 g/mol. The molecule has 2 fully saturated rings. The summed E-state index contributed by atoms with van der Waals surface area (Å²) < 4.78 is 11.5. The average molecular weight is 507 g/mol. The maximum absolute atomic E-state index is 13.8. The van der Waals surface area contributed by atoms with Gasteiger partial charge in [0.25, 0.3) is 5.91 Å². The number of amides is 2. The minimum absolute atomic E-state index is 0.325. The van der Waals surface area contributed by atoms with E-state index in [1.165, 1.54) is 0 Å². The number of imide groups is 1. The van der Waals surface area contributed by atoms with E-state index < -0.39 is 24.0 Å². The van der Waals surface area contributed by atoms with E-state index >= 15 is 0 Å². The first-order valence-electron chi connectivity index (χ1n) is 12.0. The van der Waals surface area contributed by atoms with Gasteiger partial charge >= 0.3 is 0 Å². The first-order valence-corrected chi connectivity index (χ1v) is 12.4. The molecule has 0 unspecified atom stereocenters. The zero-order chi connectivity index (χ0) is 25.2. The van der Waals surface area contributed by atoms with Crippen molar-refractivity contribution >= 4 is 34.8 Å². The lowest BCUT2D eigenvalue weighted by Crippen LogP contribution is -2.37. The Morgan fingerprint density at radius 1 is 0.944 bits per heavy atom. The molecule has 36 heavy (non-hydrogen) atoms. The number of anilines is 2. The smallest absolute Gasteiger partial charge is 0.266 e. The predicted molar refractivity (Wildman–Crippen MR) is 137 cm³/mol. The molecule has 2 aliphatic heterocycles. The Labute approximate surface area is 215 Å². The number of carbonyl (C=O) groups is 2. The van der Waals surface area contributed by atoms with E-state index in [0.29, 0.717) is 28.8 Å². The van der Waals surface area contributed by atoms with Crippen LogP contribution < -0.4 is 19.4 Å². The molecule has 2 heterocycles. The number of carbonyl (C=O) groups excluding carboxylic acids is 2. The summed E-state index contributed by atoms with van der Waals surface area (Å²) in [6.07, 6.45) is 0.972. The first-order chi connectivity index (χ1) is 17.5. The number of unbranched alkanes of at least 4 members (excludes halogenated alkanes) is 1. The highest BCUT2D eigenvalue weighted by molar-refractivity contribution is 6.36. The second-order valence-electron chi connectivity index (χ2n) is 8.73. The Kier molecular flexibility index (Phi) is 6.85. The van der Waals surface area contributed by atoms with Crippen molar-refractivity contribution in [3.8, 4) is 11.5 Å². The molecule has 0 aliphatic carbocycles. The molecule has 2 aliphatic rings. The zero-order valence-electron chi connectivity index (χ0n) is 20.1. The van der Waals surface area contributed by atoms with Gasteiger partial charge in [0.2, 0.25) is 5.91 Å². The predicted octanol–water partition coefficient (Wildman–Crippen LogP) is 5.58. The Hall–Kier alpha value is -3.55. The van der Waals surface area contributed by atoms with Gasteiger partial charge in [0.05, 0.1) is 36.2 Å². The van der Waals surface area contributed by atoms with Gasteiger partial charge in [0.1, 0.15) is 5.92 Å². The third kappa shape index (κ3) is 4.18. The highest BCUT2D eigenvalue weighted by Crippen LogP contribution is 2.49. The number of fused-ring (bicyclic) bond motifs is 1. The number of rotatable bonds is 8. The molecule has 3 aromatic rings. The first kappa shape index (κ1) is 24.2.